The van der Waals surface area contributed by atoms with Gasteiger partial charge in [0, 0.05) is 28.9 Å². The molecule has 2 aromatic rings. The van der Waals surface area contributed by atoms with E-state index in [1.54, 1.807) is 12.4 Å². The Hall–Kier alpha value is -2.71. The molecule has 0 saturated carbocycles. The quantitative estimate of drug-likeness (QED) is 0.427. The van der Waals surface area contributed by atoms with Crippen molar-refractivity contribution in [1.82, 2.24) is 9.97 Å². The minimum absolute atomic E-state index is 0.0141. The van der Waals surface area contributed by atoms with E-state index in [4.69, 9.17) is 16.4 Å². The van der Waals surface area contributed by atoms with Crippen molar-refractivity contribution in [2.45, 2.75) is 52.1 Å². The van der Waals surface area contributed by atoms with Gasteiger partial charge in [0.25, 0.3) is 0 Å². The zero-order valence-electron chi connectivity index (χ0n) is 18.1. The molecule has 0 saturated heterocycles. The average molecular weight is 417 g/mol. The number of nitrogens with zero attached hydrogens (tertiary/aromatic N) is 4. The number of benzene rings is 1. The van der Waals surface area contributed by atoms with Gasteiger partial charge in [-0.25, -0.2) is 9.97 Å². The van der Waals surface area contributed by atoms with Gasteiger partial charge in [0.05, 0.1) is 5.03 Å². The van der Waals surface area contributed by atoms with E-state index in [9.17, 15) is 0 Å². The molecule has 0 fully saturated rings. The van der Waals surface area contributed by atoms with E-state index in [-0.39, 0.29) is 17.0 Å². The lowest BCUT2D eigenvalue weighted by Crippen LogP contribution is -2.63. The number of para-hydroxylation sites is 1. The van der Waals surface area contributed by atoms with Crippen molar-refractivity contribution < 1.29 is 0 Å². The Kier molecular flexibility index (Phi) is 5.15. The highest BCUT2D eigenvalue weighted by atomic mass is 32.2. The highest BCUT2D eigenvalue weighted by Gasteiger charge is 2.62. The number of hydrogen-bond acceptors (Lipinski definition) is 5. The normalized spacial score (nSPS) is 27.2. The third-order valence-corrected chi connectivity index (χ3v) is 7.89. The van der Waals surface area contributed by atoms with Crippen LogP contribution in [0.2, 0.25) is 0 Å². The van der Waals surface area contributed by atoms with Crippen molar-refractivity contribution in [2.75, 3.05) is 9.80 Å². The van der Waals surface area contributed by atoms with Crippen molar-refractivity contribution in [1.29, 1.82) is 0 Å². The molecule has 4 rings (SSSR count). The highest BCUT2D eigenvalue weighted by Crippen LogP contribution is 2.63. The summed E-state index contributed by atoms with van der Waals surface area (Å²) >= 11 is 1.40. The molecule has 0 radical (unpaired) electrons. The van der Waals surface area contributed by atoms with Crippen molar-refractivity contribution in [3.05, 3.63) is 66.0 Å². The first kappa shape index (κ1) is 20.6. The lowest BCUT2D eigenvalue weighted by Gasteiger charge is -2.59. The number of thioether (sulfide) groups is 1. The van der Waals surface area contributed by atoms with Crippen molar-refractivity contribution in [3.8, 4) is 11.7 Å². The molecule has 0 aliphatic carbocycles. The average Bonchev–Trinajstić information content (AvgIpc) is 3.14. The molecule has 2 aliphatic rings. The van der Waals surface area contributed by atoms with Gasteiger partial charge in [-0.2, -0.15) is 0 Å². The van der Waals surface area contributed by atoms with Crippen LogP contribution in [-0.2, 0) is 5.41 Å². The van der Waals surface area contributed by atoms with Crippen LogP contribution in [0.25, 0.3) is 0 Å². The molecule has 30 heavy (non-hydrogen) atoms. The summed E-state index contributed by atoms with van der Waals surface area (Å²) in [4.78, 5) is 14.2. The van der Waals surface area contributed by atoms with Crippen molar-refractivity contribution >= 4 is 29.1 Å². The summed E-state index contributed by atoms with van der Waals surface area (Å²) in [5.74, 6) is 1.73. The van der Waals surface area contributed by atoms with Gasteiger partial charge in [-0.3, -0.25) is 4.90 Å². The zero-order chi connectivity index (χ0) is 21.5. The third kappa shape index (κ3) is 2.43. The van der Waals surface area contributed by atoms with Crippen LogP contribution in [0.4, 0.5) is 17.3 Å². The van der Waals surface area contributed by atoms with Crippen LogP contribution in [0.15, 0.2) is 60.4 Å². The predicted octanol–water partition coefficient (Wildman–Crippen LogP) is 6.21. The first-order chi connectivity index (χ1) is 14.5. The first-order valence-corrected chi connectivity index (χ1v) is 11.3. The Morgan fingerprint density at radius 3 is 2.53 bits per heavy atom. The zero-order valence-corrected chi connectivity index (χ0v) is 18.9. The molecule has 0 N–H and O–H groups in total. The van der Waals surface area contributed by atoms with Crippen LogP contribution in [0, 0.1) is 17.1 Å². The van der Waals surface area contributed by atoms with E-state index in [1.165, 1.54) is 23.0 Å². The molecule has 0 spiro atoms. The fraction of sp³-hybridized carbons (Fsp3) is 0.360. The Bertz CT molecular complexity index is 1060. The molecule has 3 heterocycles. The number of rotatable bonds is 5. The fourth-order valence-electron chi connectivity index (χ4n) is 5.54. The summed E-state index contributed by atoms with van der Waals surface area (Å²) in [6.45, 7) is 13.3. The van der Waals surface area contributed by atoms with Crippen LogP contribution in [0.5, 0.6) is 0 Å². The van der Waals surface area contributed by atoms with Crippen LogP contribution in [0.1, 0.15) is 46.1 Å². The van der Waals surface area contributed by atoms with E-state index >= 15 is 0 Å². The van der Waals surface area contributed by atoms with Crippen LogP contribution in [-0.4, -0.2) is 16.1 Å². The second kappa shape index (κ2) is 7.52. The van der Waals surface area contributed by atoms with E-state index in [0.29, 0.717) is 0 Å². The lowest BCUT2D eigenvalue weighted by molar-refractivity contribution is 0.119. The van der Waals surface area contributed by atoms with E-state index in [0.717, 1.165) is 29.5 Å². The maximum Gasteiger partial charge on any atom is 0.179 e. The van der Waals surface area contributed by atoms with Gasteiger partial charge in [-0.05, 0) is 48.4 Å². The molecule has 3 atom stereocenters. The number of anilines is 3. The molecule has 5 heteroatoms. The summed E-state index contributed by atoms with van der Waals surface area (Å²) in [6.07, 6.45) is 15.4. The predicted molar refractivity (Wildman–Crippen MR) is 128 cm³/mol. The lowest BCUT2D eigenvalue weighted by atomic mass is 9.54. The minimum atomic E-state index is -0.195. The van der Waals surface area contributed by atoms with E-state index in [2.05, 4.69) is 78.8 Å². The van der Waals surface area contributed by atoms with Crippen LogP contribution < -0.4 is 9.80 Å². The maximum absolute atomic E-state index is 5.72. The summed E-state index contributed by atoms with van der Waals surface area (Å²) in [5, 5.41) is 3.75. The fourth-order valence-corrected chi connectivity index (χ4v) is 6.06. The summed E-state index contributed by atoms with van der Waals surface area (Å²) in [6, 6.07) is 8.66. The van der Waals surface area contributed by atoms with Crippen LogP contribution in [0.3, 0.4) is 0 Å². The summed E-state index contributed by atoms with van der Waals surface area (Å²) in [7, 11) is 0. The van der Waals surface area contributed by atoms with Gasteiger partial charge in [0.2, 0.25) is 0 Å². The van der Waals surface area contributed by atoms with Gasteiger partial charge in [-0.15, -0.1) is 13.0 Å². The van der Waals surface area contributed by atoms with Gasteiger partial charge >= 0.3 is 0 Å². The minimum Gasteiger partial charge on any atom is -0.301 e. The monoisotopic (exact) mass is 416 g/mol. The topological polar surface area (TPSA) is 32.3 Å². The van der Waals surface area contributed by atoms with E-state index < -0.39 is 0 Å². The SMILES string of the molecule is C#CS/C(=C\C)N1c2nccnc2N2c3ccccc3C(C=C)(CC)C(C)(CC)C12. The largest absolute Gasteiger partial charge is 0.301 e. The van der Waals surface area contributed by atoms with Crippen molar-refractivity contribution in [3.63, 3.8) is 0 Å². The number of aromatic nitrogens is 2. The van der Waals surface area contributed by atoms with Gasteiger partial charge in [0.1, 0.15) is 6.17 Å². The van der Waals surface area contributed by atoms with Gasteiger partial charge < -0.3 is 4.90 Å². The molecule has 3 unspecified atom stereocenters. The summed E-state index contributed by atoms with van der Waals surface area (Å²) < 4.78 is 0. The molecular weight excluding hydrogens is 388 g/mol. The van der Waals surface area contributed by atoms with Crippen LogP contribution >= 0.6 is 11.8 Å². The molecule has 0 bridgehead atoms. The molecule has 1 aromatic carbocycles. The Balaban J connectivity index is 2.11. The first-order valence-electron chi connectivity index (χ1n) is 10.5. The smallest absolute Gasteiger partial charge is 0.179 e. The number of fused-ring (bicyclic) bond motifs is 5. The number of allylic oxidation sites excluding steroid dienone is 2. The third-order valence-electron chi connectivity index (χ3n) is 7.13. The number of terminal acetylenes is 1. The van der Waals surface area contributed by atoms with E-state index in [1.807, 2.05) is 6.92 Å². The number of hydrogen-bond donors (Lipinski definition) is 0. The highest BCUT2D eigenvalue weighted by molar-refractivity contribution is 8.07. The van der Waals surface area contributed by atoms with Crippen molar-refractivity contribution in [2.24, 2.45) is 5.41 Å². The molecule has 4 nitrogen and oxygen atoms in total. The molecule has 0 amide bonds. The van der Waals surface area contributed by atoms with Gasteiger partial charge in [0.15, 0.2) is 11.6 Å². The molecular formula is C25H28N4S. The Labute approximate surface area is 184 Å². The second-order valence-corrected chi connectivity index (χ2v) is 8.84. The second-order valence-electron chi connectivity index (χ2n) is 7.98. The van der Waals surface area contributed by atoms with Gasteiger partial charge in [-0.1, -0.05) is 51.1 Å². The molecule has 154 valence electrons. The summed E-state index contributed by atoms with van der Waals surface area (Å²) in [5.41, 5.74) is 2.11. The Morgan fingerprint density at radius 2 is 1.93 bits per heavy atom. The molecule has 2 aliphatic heterocycles. The molecule has 1 aromatic heterocycles. The maximum atomic E-state index is 5.72. The standard InChI is InChI=1S/C25H28N4S/c1-7-20(30-11-5)29-22-21(26-16-17-27-22)28-19-15-13-12-14-18(19)25(9-3,10-4)24(6,8-2)23(28)29/h5,7,9,12-17,23H,3,8,10H2,1-2,4,6H3/b20-7-. The Morgan fingerprint density at radius 1 is 1.23 bits per heavy atom.